The van der Waals surface area contributed by atoms with Gasteiger partial charge in [0.25, 0.3) is 0 Å². The molecule has 0 saturated carbocycles. The van der Waals surface area contributed by atoms with Gasteiger partial charge in [-0.25, -0.2) is 9.98 Å². The predicted octanol–water partition coefficient (Wildman–Crippen LogP) is 4.85. The number of guanidine groups is 1. The molecule has 3 N–H and O–H groups in total. The van der Waals surface area contributed by atoms with Gasteiger partial charge in [-0.3, -0.25) is 4.57 Å². The molecule has 2 aromatic rings. The Morgan fingerprint density at radius 3 is 2.66 bits per heavy atom. The van der Waals surface area contributed by atoms with Crippen molar-refractivity contribution in [3.05, 3.63) is 33.9 Å². The van der Waals surface area contributed by atoms with E-state index in [0.717, 1.165) is 36.7 Å². The van der Waals surface area contributed by atoms with E-state index >= 15 is 0 Å². The first-order valence-corrected chi connectivity index (χ1v) is 10.3. The summed E-state index contributed by atoms with van der Waals surface area (Å²) in [5.41, 5.74) is 1.42. The van der Waals surface area contributed by atoms with E-state index in [1.54, 1.807) is 12.1 Å². The molecule has 1 aromatic heterocycles. The van der Waals surface area contributed by atoms with Crippen LogP contribution in [0.4, 0.5) is 17.5 Å². The number of hydrogen-bond donors (Lipinski definition) is 3. The summed E-state index contributed by atoms with van der Waals surface area (Å²) >= 11 is 12.2. The number of aromatic nitrogens is 2. The molecule has 9 heteroatoms. The van der Waals surface area contributed by atoms with E-state index in [-0.39, 0.29) is 11.6 Å². The lowest BCUT2D eigenvalue weighted by molar-refractivity contribution is 0.509. The number of hydrogen-bond acceptors (Lipinski definition) is 4. The summed E-state index contributed by atoms with van der Waals surface area (Å²) in [4.78, 5) is 13.6. The minimum Gasteiger partial charge on any atom is -0.350 e. The van der Waals surface area contributed by atoms with Crippen LogP contribution in [0.15, 0.2) is 28.2 Å². The standard InChI is InChI=1S/C20H27Cl2N7/c1-12-17(27-18(23-5)28-20(2,3)4)29(14-8-9-24-11-14)19(25-12)26-13-6-7-15(21)16(22)10-13/h6-7,10,14,24H,5,8-9,11H2,1-4H3,(H,25,26)(H,27,28). The summed E-state index contributed by atoms with van der Waals surface area (Å²) < 4.78 is 2.12. The predicted molar refractivity (Wildman–Crippen MR) is 123 cm³/mol. The maximum absolute atomic E-state index is 6.17. The monoisotopic (exact) mass is 435 g/mol. The molecular weight excluding hydrogens is 409 g/mol. The van der Waals surface area contributed by atoms with Crippen LogP contribution in [0.5, 0.6) is 0 Å². The molecule has 0 amide bonds. The largest absolute Gasteiger partial charge is 0.350 e. The van der Waals surface area contributed by atoms with Crippen molar-refractivity contribution in [2.45, 2.75) is 45.7 Å². The van der Waals surface area contributed by atoms with Crippen molar-refractivity contribution in [1.29, 1.82) is 0 Å². The Bertz CT molecular complexity index is 922. The number of rotatable bonds is 4. The highest BCUT2D eigenvalue weighted by molar-refractivity contribution is 6.42. The highest BCUT2D eigenvalue weighted by Gasteiger charge is 2.25. The average Bonchev–Trinajstić information content (AvgIpc) is 3.25. The van der Waals surface area contributed by atoms with E-state index in [2.05, 4.69) is 53.0 Å². The summed E-state index contributed by atoms with van der Waals surface area (Å²) in [7, 11) is 0. The smallest absolute Gasteiger partial charge is 0.224 e. The second-order valence-electron chi connectivity index (χ2n) is 8.08. The van der Waals surface area contributed by atoms with Crippen molar-refractivity contribution < 1.29 is 0 Å². The van der Waals surface area contributed by atoms with E-state index in [4.69, 9.17) is 33.2 Å². The van der Waals surface area contributed by atoms with E-state index in [1.165, 1.54) is 0 Å². The topological polar surface area (TPSA) is 78.6 Å². The maximum atomic E-state index is 6.17. The zero-order chi connectivity index (χ0) is 21.2. The minimum atomic E-state index is -0.186. The molecular formula is C20H27Cl2N7. The molecule has 3 rings (SSSR count). The van der Waals surface area contributed by atoms with Crippen LogP contribution in [-0.2, 0) is 0 Å². The van der Waals surface area contributed by atoms with Gasteiger partial charge in [-0.1, -0.05) is 23.2 Å². The van der Waals surface area contributed by atoms with Crippen LogP contribution in [0, 0.1) is 6.92 Å². The van der Waals surface area contributed by atoms with Gasteiger partial charge in [0.15, 0.2) is 5.82 Å². The van der Waals surface area contributed by atoms with Gasteiger partial charge < -0.3 is 16.0 Å². The van der Waals surface area contributed by atoms with Crippen molar-refractivity contribution >= 4 is 53.3 Å². The van der Waals surface area contributed by atoms with Gasteiger partial charge in [0.1, 0.15) is 0 Å². The lowest BCUT2D eigenvalue weighted by Crippen LogP contribution is -2.39. The number of imidazole rings is 1. The average molecular weight is 436 g/mol. The molecule has 0 aliphatic carbocycles. The van der Waals surface area contributed by atoms with Crippen LogP contribution in [-0.4, -0.2) is 40.9 Å². The molecule has 1 aliphatic heterocycles. The quantitative estimate of drug-likeness (QED) is 0.473. The van der Waals surface area contributed by atoms with Gasteiger partial charge in [-0.15, -0.1) is 0 Å². The van der Waals surface area contributed by atoms with E-state index in [0.29, 0.717) is 22.0 Å². The first kappa shape index (κ1) is 21.6. The summed E-state index contributed by atoms with van der Waals surface area (Å²) in [5.74, 6) is 1.92. The molecule has 7 nitrogen and oxygen atoms in total. The Labute approximate surface area is 181 Å². The number of aliphatic imine (C=N–C) groups is 2. The molecule has 1 fully saturated rings. The molecule has 1 aromatic carbocycles. The maximum Gasteiger partial charge on any atom is 0.224 e. The lowest BCUT2D eigenvalue weighted by Gasteiger charge is -2.22. The van der Waals surface area contributed by atoms with Crippen molar-refractivity contribution in [3.63, 3.8) is 0 Å². The zero-order valence-electron chi connectivity index (χ0n) is 17.2. The van der Waals surface area contributed by atoms with Crippen LogP contribution in [0.25, 0.3) is 0 Å². The summed E-state index contributed by atoms with van der Waals surface area (Å²) in [6.45, 7) is 13.6. The molecule has 0 bridgehead atoms. The second kappa shape index (κ2) is 8.73. The number of nitrogens with zero attached hydrogens (tertiary/aromatic N) is 4. The highest BCUT2D eigenvalue weighted by Crippen LogP contribution is 2.34. The molecule has 1 atom stereocenters. The van der Waals surface area contributed by atoms with Gasteiger partial charge in [0.2, 0.25) is 11.9 Å². The molecule has 156 valence electrons. The van der Waals surface area contributed by atoms with Gasteiger partial charge in [-0.2, -0.15) is 4.99 Å². The third-order valence-corrected chi connectivity index (χ3v) is 5.22. The fourth-order valence-electron chi connectivity index (χ4n) is 3.21. The first-order chi connectivity index (χ1) is 13.7. The SMILES string of the molecule is C=N/C(=N\c1c(C)nc(Nc2ccc(Cl)c(Cl)c2)n1C1CCNC1)NC(C)(C)C. The number of aryl methyl sites for hydroxylation is 1. The summed E-state index contributed by atoms with van der Waals surface area (Å²) in [6, 6.07) is 5.64. The van der Waals surface area contributed by atoms with Crippen molar-refractivity contribution in [1.82, 2.24) is 20.2 Å². The van der Waals surface area contributed by atoms with Gasteiger partial charge in [-0.05, 0) is 65.6 Å². The van der Waals surface area contributed by atoms with E-state index in [1.807, 2.05) is 13.0 Å². The Kier molecular flexibility index (Phi) is 6.51. The third kappa shape index (κ3) is 5.29. The van der Waals surface area contributed by atoms with Gasteiger partial charge >= 0.3 is 0 Å². The molecule has 2 heterocycles. The molecule has 0 spiro atoms. The first-order valence-electron chi connectivity index (χ1n) is 9.53. The lowest BCUT2D eigenvalue weighted by atomic mass is 10.1. The number of anilines is 2. The molecule has 29 heavy (non-hydrogen) atoms. The zero-order valence-corrected chi connectivity index (χ0v) is 18.7. The Morgan fingerprint density at radius 1 is 1.31 bits per heavy atom. The van der Waals surface area contributed by atoms with Crippen LogP contribution in [0.3, 0.4) is 0 Å². The van der Waals surface area contributed by atoms with Crippen molar-refractivity contribution in [3.8, 4) is 0 Å². The third-order valence-electron chi connectivity index (χ3n) is 4.48. The van der Waals surface area contributed by atoms with Crippen LogP contribution < -0.4 is 16.0 Å². The van der Waals surface area contributed by atoms with Crippen LogP contribution in [0.1, 0.15) is 38.9 Å². The van der Waals surface area contributed by atoms with Crippen LogP contribution in [0.2, 0.25) is 10.0 Å². The Hall–Kier alpha value is -2.09. The van der Waals surface area contributed by atoms with E-state index < -0.39 is 0 Å². The van der Waals surface area contributed by atoms with Crippen molar-refractivity contribution in [2.75, 3.05) is 18.4 Å². The van der Waals surface area contributed by atoms with Crippen LogP contribution >= 0.6 is 23.2 Å². The Balaban J connectivity index is 2.04. The second-order valence-corrected chi connectivity index (χ2v) is 8.90. The normalized spacial score (nSPS) is 17.4. The fourth-order valence-corrected chi connectivity index (χ4v) is 3.51. The molecule has 1 aliphatic rings. The number of halogens is 2. The van der Waals surface area contributed by atoms with Gasteiger partial charge in [0, 0.05) is 17.8 Å². The molecule has 1 saturated heterocycles. The fraction of sp³-hybridized carbons (Fsp3) is 0.450. The van der Waals surface area contributed by atoms with Crippen molar-refractivity contribution in [2.24, 2.45) is 9.98 Å². The van der Waals surface area contributed by atoms with E-state index in [9.17, 15) is 0 Å². The Morgan fingerprint density at radius 2 is 2.07 bits per heavy atom. The number of nitrogens with one attached hydrogen (secondary N) is 3. The summed E-state index contributed by atoms with van der Waals surface area (Å²) in [5, 5.41) is 11.0. The molecule has 0 radical (unpaired) electrons. The van der Waals surface area contributed by atoms with Gasteiger partial charge in [0.05, 0.1) is 21.8 Å². The minimum absolute atomic E-state index is 0.186. The highest BCUT2D eigenvalue weighted by atomic mass is 35.5. The number of benzene rings is 1. The summed E-state index contributed by atoms with van der Waals surface area (Å²) in [6.07, 6.45) is 0.984. The molecule has 1 unspecified atom stereocenters.